The summed E-state index contributed by atoms with van der Waals surface area (Å²) in [6.45, 7) is 3.99. The molecule has 4 nitrogen and oxygen atoms in total. The molecule has 122 valence electrons. The van der Waals surface area contributed by atoms with Gasteiger partial charge in [0, 0.05) is 18.5 Å². The van der Waals surface area contributed by atoms with Crippen LogP contribution < -0.4 is 4.90 Å². The van der Waals surface area contributed by atoms with Gasteiger partial charge in [0.25, 0.3) is 0 Å². The van der Waals surface area contributed by atoms with E-state index in [9.17, 15) is 9.50 Å². The van der Waals surface area contributed by atoms with E-state index < -0.39 is 0 Å². The Balaban J connectivity index is 1.94. The van der Waals surface area contributed by atoms with Gasteiger partial charge in [0.15, 0.2) is 5.82 Å². The molecular formula is C19H18FN3O. The molecule has 1 aliphatic rings. The summed E-state index contributed by atoms with van der Waals surface area (Å²) in [5.41, 5.74) is 1.26. The average Bonchev–Trinajstić information content (AvgIpc) is 3.01. The molecule has 5 heteroatoms. The number of hydrogen-bond acceptors (Lipinski definition) is 4. The van der Waals surface area contributed by atoms with Crippen molar-refractivity contribution in [3.05, 3.63) is 48.3 Å². The number of halogens is 1. The van der Waals surface area contributed by atoms with Crippen molar-refractivity contribution < 1.29 is 9.50 Å². The molecule has 1 saturated heterocycles. The number of rotatable bonds is 2. The summed E-state index contributed by atoms with van der Waals surface area (Å²) in [4.78, 5) is 11.4. The van der Waals surface area contributed by atoms with Crippen LogP contribution in [0.4, 0.5) is 10.2 Å². The molecular weight excluding hydrogens is 305 g/mol. The maximum Gasteiger partial charge on any atom is 0.165 e. The first-order chi connectivity index (χ1) is 11.6. The van der Waals surface area contributed by atoms with E-state index in [1.807, 2.05) is 6.07 Å². The lowest BCUT2D eigenvalue weighted by Gasteiger charge is -2.20. The fraction of sp³-hybridized carbons (Fsp3) is 0.263. The molecule has 0 amide bonds. The van der Waals surface area contributed by atoms with Crippen molar-refractivity contribution in [1.82, 2.24) is 9.97 Å². The smallest absolute Gasteiger partial charge is 0.165 e. The number of phenols is 1. The molecule has 0 aliphatic carbocycles. The Morgan fingerprint density at radius 1 is 1.17 bits per heavy atom. The van der Waals surface area contributed by atoms with Gasteiger partial charge in [-0.05, 0) is 42.7 Å². The number of para-hydroxylation sites is 1. The number of fused-ring (bicyclic) bond motifs is 1. The normalized spacial score (nSPS) is 17.6. The molecule has 3 aromatic rings. The van der Waals surface area contributed by atoms with Crippen LogP contribution in [0.3, 0.4) is 0 Å². The number of benzene rings is 2. The number of anilines is 1. The molecule has 1 aliphatic heterocycles. The SMILES string of the molecule is C[C@H]1CCN(c2nc(-c3ccccc3O)nc3ccc(F)cc23)C1. The topological polar surface area (TPSA) is 49.2 Å². The van der Waals surface area contributed by atoms with E-state index in [0.717, 1.165) is 25.3 Å². The highest BCUT2D eigenvalue weighted by molar-refractivity contribution is 5.91. The van der Waals surface area contributed by atoms with Gasteiger partial charge in [-0.1, -0.05) is 19.1 Å². The Kier molecular flexibility index (Phi) is 3.56. The molecule has 1 atom stereocenters. The second-order valence-corrected chi connectivity index (χ2v) is 6.39. The molecule has 0 radical (unpaired) electrons. The van der Waals surface area contributed by atoms with Crippen molar-refractivity contribution >= 4 is 16.7 Å². The lowest BCUT2D eigenvalue weighted by atomic mass is 10.1. The monoisotopic (exact) mass is 323 g/mol. The van der Waals surface area contributed by atoms with Gasteiger partial charge in [-0.25, -0.2) is 14.4 Å². The van der Waals surface area contributed by atoms with Crippen molar-refractivity contribution in [2.45, 2.75) is 13.3 Å². The zero-order valence-corrected chi connectivity index (χ0v) is 13.4. The van der Waals surface area contributed by atoms with E-state index in [2.05, 4.69) is 21.8 Å². The van der Waals surface area contributed by atoms with Crippen LogP contribution in [0.1, 0.15) is 13.3 Å². The van der Waals surface area contributed by atoms with Crippen molar-refractivity contribution in [3.63, 3.8) is 0 Å². The van der Waals surface area contributed by atoms with Gasteiger partial charge in [-0.2, -0.15) is 0 Å². The van der Waals surface area contributed by atoms with Crippen LogP contribution in [0, 0.1) is 11.7 Å². The van der Waals surface area contributed by atoms with Crippen LogP contribution in [0.2, 0.25) is 0 Å². The number of aromatic hydroxyl groups is 1. The van der Waals surface area contributed by atoms with E-state index in [0.29, 0.717) is 28.2 Å². The summed E-state index contributed by atoms with van der Waals surface area (Å²) in [5, 5.41) is 10.8. The maximum atomic E-state index is 13.8. The van der Waals surface area contributed by atoms with Gasteiger partial charge >= 0.3 is 0 Å². The second-order valence-electron chi connectivity index (χ2n) is 6.39. The van der Waals surface area contributed by atoms with Gasteiger partial charge in [0.1, 0.15) is 17.4 Å². The highest BCUT2D eigenvalue weighted by Gasteiger charge is 2.23. The van der Waals surface area contributed by atoms with Gasteiger partial charge in [-0.15, -0.1) is 0 Å². The first kappa shape index (κ1) is 14.9. The minimum atomic E-state index is -0.296. The minimum absolute atomic E-state index is 0.139. The lowest BCUT2D eigenvalue weighted by molar-refractivity contribution is 0.477. The van der Waals surface area contributed by atoms with Gasteiger partial charge in [0.05, 0.1) is 11.1 Å². The molecule has 2 aromatic carbocycles. The minimum Gasteiger partial charge on any atom is -0.507 e. The average molecular weight is 323 g/mol. The van der Waals surface area contributed by atoms with Gasteiger partial charge < -0.3 is 10.0 Å². The molecule has 2 heterocycles. The third-order valence-corrected chi connectivity index (χ3v) is 4.51. The van der Waals surface area contributed by atoms with Crippen molar-refractivity contribution in [2.24, 2.45) is 5.92 Å². The highest BCUT2D eigenvalue weighted by Crippen LogP contribution is 2.33. The van der Waals surface area contributed by atoms with Gasteiger partial charge in [0.2, 0.25) is 0 Å². The fourth-order valence-electron chi connectivity index (χ4n) is 3.24. The molecule has 1 fully saturated rings. The Morgan fingerprint density at radius 3 is 2.75 bits per heavy atom. The first-order valence-corrected chi connectivity index (χ1v) is 8.12. The number of hydrogen-bond donors (Lipinski definition) is 1. The van der Waals surface area contributed by atoms with Crippen molar-refractivity contribution in [1.29, 1.82) is 0 Å². The van der Waals surface area contributed by atoms with E-state index in [4.69, 9.17) is 0 Å². The van der Waals surface area contributed by atoms with Crippen LogP contribution in [0.15, 0.2) is 42.5 Å². The lowest BCUT2D eigenvalue weighted by Crippen LogP contribution is -2.21. The molecule has 1 N–H and O–H groups in total. The second kappa shape index (κ2) is 5.74. The van der Waals surface area contributed by atoms with Crippen LogP contribution >= 0.6 is 0 Å². The van der Waals surface area contributed by atoms with E-state index in [1.165, 1.54) is 12.1 Å². The predicted molar refractivity (Wildman–Crippen MR) is 92.6 cm³/mol. The summed E-state index contributed by atoms with van der Waals surface area (Å²) in [6.07, 6.45) is 1.09. The highest BCUT2D eigenvalue weighted by atomic mass is 19.1. The third kappa shape index (κ3) is 2.56. The molecule has 0 bridgehead atoms. The number of aromatic nitrogens is 2. The summed E-state index contributed by atoms with van der Waals surface area (Å²) >= 11 is 0. The standard InChI is InChI=1S/C19H18FN3O/c1-12-8-9-23(11-12)19-15-10-13(20)6-7-16(15)21-18(22-19)14-4-2-3-5-17(14)24/h2-7,10,12,24H,8-9,11H2,1H3/t12-/m0/s1. The molecule has 1 aromatic heterocycles. The van der Waals surface area contributed by atoms with E-state index in [-0.39, 0.29) is 11.6 Å². The maximum absolute atomic E-state index is 13.8. The predicted octanol–water partition coefficient (Wildman–Crippen LogP) is 3.99. The van der Waals surface area contributed by atoms with Crippen molar-refractivity contribution in [3.8, 4) is 17.1 Å². The third-order valence-electron chi connectivity index (χ3n) is 4.51. The summed E-state index contributed by atoms with van der Waals surface area (Å²) in [7, 11) is 0. The largest absolute Gasteiger partial charge is 0.507 e. The Morgan fingerprint density at radius 2 is 2.00 bits per heavy atom. The Bertz CT molecular complexity index is 912. The van der Waals surface area contributed by atoms with Crippen LogP contribution in [0.5, 0.6) is 5.75 Å². The van der Waals surface area contributed by atoms with Crippen LogP contribution in [-0.4, -0.2) is 28.2 Å². The molecule has 24 heavy (non-hydrogen) atoms. The van der Waals surface area contributed by atoms with E-state index in [1.54, 1.807) is 24.3 Å². The quantitative estimate of drug-likeness (QED) is 0.775. The molecule has 0 spiro atoms. The zero-order chi connectivity index (χ0) is 16.7. The summed E-state index contributed by atoms with van der Waals surface area (Å²) < 4.78 is 13.8. The molecule has 4 rings (SSSR count). The summed E-state index contributed by atoms with van der Waals surface area (Å²) in [6, 6.07) is 11.6. The first-order valence-electron chi connectivity index (χ1n) is 8.12. The Labute approximate surface area is 139 Å². The van der Waals surface area contributed by atoms with Gasteiger partial charge in [-0.3, -0.25) is 0 Å². The fourth-order valence-corrected chi connectivity index (χ4v) is 3.24. The van der Waals surface area contributed by atoms with Crippen LogP contribution in [-0.2, 0) is 0 Å². The Hall–Kier alpha value is -2.69. The summed E-state index contributed by atoms with van der Waals surface area (Å²) in [5.74, 6) is 1.62. The van der Waals surface area contributed by atoms with Crippen LogP contribution in [0.25, 0.3) is 22.3 Å². The number of phenolic OH excluding ortho intramolecular Hbond substituents is 1. The molecule has 0 unspecified atom stereocenters. The number of nitrogens with zero attached hydrogens (tertiary/aromatic N) is 3. The zero-order valence-electron chi connectivity index (χ0n) is 13.4. The van der Waals surface area contributed by atoms with Crippen molar-refractivity contribution in [2.75, 3.05) is 18.0 Å². The molecule has 0 saturated carbocycles. The van der Waals surface area contributed by atoms with E-state index >= 15 is 0 Å².